The Balaban J connectivity index is 2.61. The minimum Gasteiger partial charge on any atom is -0.478 e. The average Bonchev–Trinajstić information content (AvgIpc) is 2.46. The van der Waals surface area contributed by atoms with Crippen molar-refractivity contribution in [2.24, 2.45) is 5.10 Å². The molecule has 0 saturated heterocycles. The van der Waals surface area contributed by atoms with Crippen LogP contribution in [-0.4, -0.2) is 27.9 Å². The molecule has 0 saturated carbocycles. The number of hydrazone groups is 1. The van der Waals surface area contributed by atoms with Crippen LogP contribution in [0.4, 0.5) is 0 Å². The molecule has 110 valence electrons. The molecule has 21 heavy (non-hydrogen) atoms. The van der Waals surface area contributed by atoms with Crippen molar-refractivity contribution in [3.05, 3.63) is 46.7 Å². The number of nitrogens with zero attached hydrogens (tertiary/aromatic N) is 1. The van der Waals surface area contributed by atoms with Gasteiger partial charge in [0.05, 0.1) is 11.5 Å². The number of aryl methyl sites for hydroxylation is 1. The first-order valence-electron chi connectivity index (χ1n) is 6.55. The van der Waals surface area contributed by atoms with Crippen molar-refractivity contribution in [3.8, 4) is 0 Å². The van der Waals surface area contributed by atoms with Gasteiger partial charge in [-0.05, 0) is 24.5 Å². The Labute approximate surface area is 121 Å². The predicted octanol–water partition coefficient (Wildman–Crippen LogP) is 1.74. The van der Waals surface area contributed by atoms with Crippen molar-refractivity contribution in [3.63, 3.8) is 0 Å². The molecule has 3 N–H and O–H groups in total. The fourth-order valence-corrected chi connectivity index (χ4v) is 2.39. The zero-order chi connectivity index (χ0) is 15.6. The van der Waals surface area contributed by atoms with Gasteiger partial charge in [0.25, 0.3) is 0 Å². The summed E-state index contributed by atoms with van der Waals surface area (Å²) in [5.41, 5.74) is 4.25. The molecule has 6 heteroatoms. The molecule has 0 bridgehead atoms. The number of allylic oxidation sites excluding steroid dienone is 1. The van der Waals surface area contributed by atoms with Crippen LogP contribution in [0, 0.1) is 0 Å². The highest BCUT2D eigenvalue weighted by atomic mass is 16.4. The number of hydrogen-bond donors (Lipinski definition) is 3. The first-order chi connectivity index (χ1) is 9.95. The van der Waals surface area contributed by atoms with Gasteiger partial charge in [0.2, 0.25) is 0 Å². The molecular weight excluding hydrogens is 272 g/mol. The lowest BCUT2D eigenvalue weighted by atomic mass is 9.84. The monoisotopic (exact) mass is 288 g/mol. The first-order valence-corrected chi connectivity index (χ1v) is 6.55. The van der Waals surface area contributed by atoms with E-state index in [0.717, 1.165) is 12.0 Å². The minimum atomic E-state index is -1.24. The molecule has 1 heterocycles. The molecule has 0 aromatic heterocycles. The molecule has 0 radical (unpaired) electrons. The van der Waals surface area contributed by atoms with E-state index in [2.05, 4.69) is 10.5 Å². The zero-order valence-corrected chi connectivity index (χ0v) is 11.8. The van der Waals surface area contributed by atoms with Gasteiger partial charge < -0.3 is 10.2 Å². The predicted molar refractivity (Wildman–Crippen MR) is 77.1 cm³/mol. The molecule has 0 fully saturated rings. The maximum Gasteiger partial charge on any atom is 0.353 e. The summed E-state index contributed by atoms with van der Waals surface area (Å²) in [4.78, 5) is 22.9. The Morgan fingerprint density at radius 3 is 2.57 bits per heavy atom. The lowest BCUT2D eigenvalue weighted by Gasteiger charge is -2.24. The van der Waals surface area contributed by atoms with Crippen molar-refractivity contribution in [2.75, 3.05) is 0 Å². The Hall–Kier alpha value is -2.63. The summed E-state index contributed by atoms with van der Waals surface area (Å²) in [5.74, 6) is -3.27. The highest BCUT2D eigenvalue weighted by Crippen LogP contribution is 2.31. The van der Waals surface area contributed by atoms with Crippen LogP contribution in [0.5, 0.6) is 0 Å². The van der Waals surface area contributed by atoms with Gasteiger partial charge in [-0.1, -0.05) is 31.2 Å². The summed E-state index contributed by atoms with van der Waals surface area (Å²) in [6, 6.07) is 7.26. The number of aliphatic carboxylic acids is 2. The molecule has 6 nitrogen and oxygen atoms in total. The molecular formula is C15H16N2O4. The van der Waals surface area contributed by atoms with Gasteiger partial charge in [-0.25, -0.2) is 9.59 Å². The first kappa shape index (κ1) is 14.8. The second-order valence-corrected chi connectivity index (χ2v) is 4.79. The van der Waals surface area contributed by atoms with Gasteiger partial charge in [-0.3, -0.25) is 5.43 Å². The van der Waals surface area contributed by atoms with Crippen molar-refractivity contribution >= 4 is 17.7 Å². The Morgan fingerprint density at radius 2 is 2.00 bits per heavy atom. The lowest BCUT2D eigenvalue weighted by molar-refractivity contribution is -0.132. The molecule has 2 rings (SSSR count). The average molecular weight is 288 g/mol. The maximum atomic E-state index is 11.5. The van der Waals surface area contributed by atoms with Crippen molar-refractivity contribution < 1.29 is 19.8 Å². The molecule has 1 aromatic rings. The van der Waals surface area contributed by atoms with E-state index >= 15 is 0 Å². The molecule has 1 atom stereocenters. The van der Waals surface area contributed by atoms with E-state index in [1.165, 1.54) is 0 Å². The van der Waals surface area contributed by atoms with Crippen LogP contribution in [0.1, 0.15) is 30.9 Å². The number of carboxylic acids is 2. The summed E-state index contributed by atoms with van der Waals surface area (Å²) in [5, 5.41) is 22.5. The number of hydrogen-bond acceptors (Lipinski definition) is 4. The van der Waals surface area contributed by atoms with Gasteiger partial charge in [0.15, 0.2) is 5.71 Å². The fraction of sp³-hybridized carbons (Fsp3) is 0.267. The molecule has 0 amide bonds. The molecule has 1 unspecified atom stereocenters. The van der Waals surface area contributed by atoms with E-state index in [-0.39, 0.29) is 11.3 Å². The van der Waals surface area contributed by atoms with Crippen LogP contribution in [0.2, 0.25) is 0 Å². The molecule has 0 spiro atoms. The van der Waals surface area contributed by atoms with E-state index in [9.17, 15) is 19.8 Å². The third-order valence-electron chi connectivity index (χ3n) is 3.45. The van der Waals surface area contributed by atoms with E-state index < -0.39 is 17.9 Å². The van der Waals surface area contributed by atoms with Crippen LogP contribution in [0.15, 0.2) is 40.6 Å². The van der Waals surface area contributed by atoms with Gasteiger partial charge >= 0.3 is 11.9 Å². The van der Waals surface area contributed by atoms with Gasteiger partial charge in [0, 0.05) is 5.70 Å². The van der Waals surface area contributed by atoms with Gasteiger partial charge in [-0.15, -0.1) is 0 Å². The molecule has 1 aliphatic heterocycles. The standard InChI is InChI=1S/C15H16N2O4/c1-3-9-5-4-6-10(7-9)12-11(14(18)19)8(2)16-17-13(12)15(20)21/h4-7,12,16H,3H2,1-2H3,(H,18,19)(H,20,21). The lowest BCUT2D eigenvalue weighted by Crippen LogP contribution is -2.34. The molecule has 1 aliphatic rings. The zero-order valence-electron chi connectivity index (χ0n) is 11.8. The Bertz CT molecular complexity index is 661. The van der Waals surface area contributed by atoms with Crippen molar-refractivity contribution in [1.82, 2.24) is 5.43 Å². The normalized spacial score (nSPS) is 18.0. The van der Waals surface area contributed by atoms with Crippen LogP contribution >= 0.6 is 0 Å². The number of benzene rings is 1. The summed E-state index contributed by atoms with van der Waals surface area (Å²) < 4.78 is 0. The third kappa shape index (κ3) is 2.79. The van der Waals surface area contributed by atoms with Gasteiger partial charge in [-0.2, -0.15) is 5.10 Å². The third-order valence-corrected chi connectivity index (χ3v) is 3.45. The Morgan fingerprint density at radius 1 is 1.29 bits per heavy atom. The number of rotatable bonds is 4. The second-order valence-electron chi connectivity index (χ2n) is 4.79. The summed E-state index contributed by atoms with van der Waals surface area (Å²) in [7, 11) is 0. The van der Waals surface area contributed by atoms with Crippen molar-refractivity contribution in [2.45, 2.75) is 26.2 Å². The second kappa shape index (κ2) is 5.78. The maximum absolute atomic E-state index is 11.5. The van der Waals surface area contributed by atoms with Crippen molar-refractivity contribution in [1.29, 1.82) is 0 Å². The fourth-order valence-electron chi connectivity index (χ4n) is 2.39. The van der Waals surface area contributed by atoms with E-state index in [1.54, 1.807) is 19.1 Å². The molecule has 0 aliphatic carbocycles. The quantitative estimate of drug-likeness (QED) is 0.783. The summed E-state index contributed by atoms with van der Waals surface area (Å²) in [6.07, 6.45) is 0.781. The summed E-state index contributed by atoms with van der Waals surface area (Å²) >= 11 is 0. The van der Waals surface area contributed by atoms with Crippen LogP contribution < -0.4 is 5.43 Å². The van der Waals surface area contributed by atoms with E-state index in [0.29, 0.717) is 11.3 Å². The number of carbonyl (C=O) groups is 2. The van der Waals surface area contributed by atoms with E-state index in [1.807, 2.05) is 19.1 Å². The highest BCUT2D eigenvalue weighted by molar-refractivity contribution is 6.39. The van der Waals surface area contributed by atoms with Crippen LogP contribution in [0.3, 0.4) is 0 Å². The molecule has 1 aromatic carbocycles. The largest absolute Gasteiger partial charge is 0.478 e. The SMILES string of the molecule is CCc1cccc(C2C(C(=O)O)=NNC(C)=C2C(=O)O)c1. The van der Waals surface area contributed by atoms with Crippen LogP contribution in [-0.2, 0) is 16.0 Å². The topological polar surface area (TPSA) is 99.0 Å². The number of nitrogens with one attached hydrogen (secondary N) is 1. The minimum absolute atomic E-state index is 0.00986. The van der Waals surface area contributed by atoms with Gasteiger partial charge in [0.1, 0.15) is 0 Å². The Kier molecular flexibility index (Phi) is 4.07. The smallest absolute Gasteiger partial charge is 0.353 e. The van der Waals surface area contributed by atoms with Crippen LogP contribution in [0.25, 0.3) is 0 Å². The summed E-state index contributed by atoms with van der Waals surface area (Å²) in [6.45, 7) is 3.55. The van der Waals surface area contributed by atoms with E-state index in [4.69, 9.17) is 0 Å². The highest BCUT2D eigenvalue weighted by Gasteiger charge is 2.36. The number of carboxylic acid groups (broad SMARTS) is 2.